The summed E-state index contributed by atoms with van der Waals surface area (Å²) in [7, 11) is 0. The van der Waals surface area contributed by atoms with E-state index in [1.54, 1.807) is 6.07 Å². The van der Waals surface area contributed by atoms with Gasteiger partial charge in [0.2, 0.25) is 0 Å². The van der Waals surface area contributed by atoms with Crippen LogP contribution >= 0.6 is 0 Å². The Morgan fingerprint density at radius 2 is 1.55 bits per heavy atom. The first kappa shape index (κ1) is 12.8. The largest absolute Gasteiger partial charge is 0.271 e. The van der Waals surface area contributed by atoms with E-state index < -0.39 is 0 Å². The van der Waals surface area contributed by atoms with Gasteiger partial charge in [-0.05, 0) is 40.1 Å². The second-order valence-corrected chi connectivity index (χ2v) is 4.76. The molecule has 0 bridgehead atoms. The molecule has 3 heteroatoms. The van der Waals surface area contributed by atoms with Crippen LogP contribution in [0.3, 0.4) is 0 Å². The highest BCUT2D eigenvalue weighted by molar-refractivity contribution is 5.83. The number of nitrogens with one attached hydrogen (secondary N) is 1. The summed E-state index contributed by atoms with van der Waals surface area (Å²) < 4.78 is 13.4. The summed E-state index contributed by atoms with van der Waals surface area (Å²) >= 11 is 0. The molecule has 100 valence electrons. The van der Waals surface area contributed by atoms with Gasteiger partial charge in [0.05, 0.1) is 6.04 Å². The van der Waals surface area contributed by atoms with Gasteiger partial charge in [-0.1, -0.05) is 48.5 Å². The van der Waals surface area contributed by atoms with E-state index in [4.69, 9.17) is 5.84 Å². The van der Waals surface area contributed by atoms with Crippen LogP contribution in [0, 0.1) is 5.82 Å². The fourth-order valence-corrected chi connectivity index (χ4v) is 2.46. The van der Waals surface area contributed by atoms with Crippen molar-refractivity contribution in [3.8, 4) is 0 Å². The smallest absolute Gasteiger partial charge is 0.123 e. The number of fused-ring (bicyclic) bond motifs is 1. The Labute approximate surface area is 117 Å². The first-order chi connectivity index (χ1) is 9.78. The minimum absolute atomic E-state index is 0.227. The van der Waals surface area contributed by atoms with E-state index in [0.717, 1.165) is 16.5 Å². The third kappa shape index (κ3) is 2.41. The molecule has 0 radical (unpaired) electrons. The van der Waals surface area contributed by atoms with Gasteiger partial charge in [-0.15, -0.1) is 0 Å². The van der Waals surface area contributed by atoms with Crippen molar-refractivity contribution in [2.24, 2.45) is 5.84 Å². The average molecular weight is 266 g/mol. The lowest BCUT2D eigenvalue weighted by atomic mass is 9.97. The van der Waals surface area contributed by atoms with Gasteiger partial charge in [-0.3, -0.25) is 5.84 Å². The van der Waals surface area contributed by atoms with Crippen LogP contribution in [0.15, 0.2) is 66.7 Å². The maximum absolute atomic E-state index is 13.4. The van der Waals surface area contributed by atoms with Gasteiger partial charge >= 0.3 is 0 Å². The molecule has 0 aliphatic rings. The number of hydrazine groups is 1. The number of hydrogen-bond donors (Lipinski definition) is 2. The predicted molar refractivity (Wildman–Crippen MR) is 79.5 cm³/mol. The Bertz CT molecular complexity index is 740. The predicted octanol–water partition coefficient (Wildman–Crippen LogP) is 3.53. The van der Waals surface area contributed by atoms with Crippen molar-refractivity contribution in [3.05, 3.63) is 83.7 Å². The maximum Gasteiger partial charge on any atom is 0.123 e. The van der Waals surface area contributed by atoms with Gasteiger partial charge in [-0.2, -0.15) is 0 Å². The SMILES string of the molecule is NNC(c1cccc(F)c1)c1ccc2ccccc2c1. The van der Waals surface area contributed by atoms with Crippen molar-refractivity contribution in [2.75, 3.05) is 0 Å². The van der Waals surface area contributed by atoms with E-state index in [0.29, 0.717) is 0 Å². The third-order valence-corrected chi connectivity index (χ3v) is 3.46. The van der Waals surface area contributed by atoms with E-state index in [9.17, 15) is 4.39 Å². The highest BCUT2D eigenvalue weighted by atomic mass is 19.1. The van der Waals surface area contributed by atoms with Crippen molar-refractivity contribution in [1.82, 2.24) is 5.43 Å². The lowest BCUT2D eigenvalue weighted by Gasteiger charge is -2.17. The van der Waals surface area contributed by atoms with Crippen molar-refractivity contribution in [3.63, 3.8) is 0 Å². The first-order valence-electron chi connectivity index (χ1n) is 6.48. The minimum atomic E-state index is -0.261. The molecule has 0 spiro atoms. The molecule has 3 aromatic carbocycles. The lowest BCUT2D eigenvalue weighted by Crippen LogP contribution is -2.28. The molecule has 0 aromatic heterocycles. The highest BCUT2D eigenvalue weighted by Crippen LogP contribution is 2.25. The Morgan fingerprint density at radius 1 is 0.800 bits per heavy atom. The maximum atomic E-state index is 13.4. The summed E-state index contributed by atoms with van der Waals surface area (Å²) in [6.07, 6.45) is 0. The van der Waals surface area contributed by atoms with Crippen molar-refractivity contribution >= 4 is 10.8 Å². The van der Waals surface area contributed by atoms with Crippen LogP contribution in [-0.2, 0) is 0 Å². The fraction of sp³-hybridized carbons (Fsp3) is 0.0588. The minimum Gasteiger partial charge on any atom is -0.271 e. The number of benzene rings is 3. The zero-order valence-corrected chi connectivity index (χ0v) is 10.9. The van der Waals surface area contributed by atoms with Gasteiger partial charge in [0.1, 0.15) is 5.82 Å². The molecule has 2 nitrogen and oxygen atoms in total. The molecular weight excluding hydrogens is 251 g/mol. The Morgan fingerprint density at radius 3 is 2.30 bits per heavy atom. The van der Waals surface area contributed by atoms with Gasteiger partial charge < -0.3 is 0 Å². The van der Waals surface area contributed by atoms with Crippen molar-refractivity contribution in [2.45, 2.75) is 6.04 Å². The van der Waals surface area contributed by atoms with E-state index >= 15 is 0 Å². The zero-order chi connectivity index (χ0) is 13.9. The quantitative estimate of drug-likeness (QED) is 0.562. The molecule has 0 fully saturated rings. The molecule has 20 heavy (non-hydrogen) atoms. The number of nitrogens with two attached hydrogens (primary N) is 1. The Kier molecular flexibility index (Phi) is 3.46. The van der Waals surface area contributed by atoms with Gasteiger partial charge in [0, 0.05) is 0 Å². The highest BCUT2D eigenvalue weighted by Gasteiger charge is 2.13. The summed E-state index contributed by atoms with van der Waals surface area (Å²) in [4.78, 5) is 0. The first-order valence-corrected chi connectivity index (χ1v) is 6.48. The molecule has 0 aliphatic carbocycles. The second kappa shape index (κ2) is 5.41. The van der Waals surface area contributed by atoms with E-state index in [-0.39, 0.29) is 11.9 Å². The molecule has 1 unspecified atom stereocenters. The van der Waals surface area contributed by atoms with E-state index in [1.165, 1.54) is 17.5 Å². The molecule has 3 rings (SSSR count). The number of hydrogen-bond acceptors (Lipinski definition) is 2. The van der Waals surface area contributed by atoms with Crippen LogP contribution in [0.4, 0.5) is 4.39 Å². The molecule has 0 heterocycles. The summed E-state index contributed by atoms with van der Waals surface area (Å²) in [6, 6.07) is 20.5. The molecular formula is C17H15FN2. The van der Waals surface area contributed by atoms with Gasteiger partial charge in [0.15, 0.2) is 0 Å². The normalized spacial score (nSPS) is 12.5. The topological polar surface area (TPSA) is 38.0 Å². The lowest BCUT2D eigenvalue weighted by molar-refractivity contribution is 0.605. The molecule has 0 aliphatic heterocycles. The van der Waals surface area contributed by atoms with Crippen LogP contribution in [0.2, 0.25) is 0 Å². The zero-order valence-electron chi connectivity index (χ0n) is 10.9. The van der Waals surface area contributed by atoms with Crippen LogP contribution in [0.5, 0.6) is 0 Å². The van der Waals surface area contributed by atoms with Gasteiger partial charge in [-0.25, -0.2) is 9.82 Å². The summed E-state index contributed by atoms with van der Waals surface area (Å²) in [6.45, 7) is 0. The summed E-state index contributed by atoms with van der Waals surface area (Å²) in [5.41, 5.74) is 4.58. The summed E-state index contributed by atoms with van der Waals surface area (Å²) in [5.74, 6) is 5.40. The van der Waals surface area contributed by atoms with E-state index in [1.807, 2.05) is 30.3 Å². The van der Waals surface area contributed by atoms with Crippen LogP contribution in [0.25, 0.3) is 10.8 Å². The molecule has 3 aromatic rings. The molecule has 0 saturated heterocycles. The Balaban J connectivity index is 2.07. The second-order valence-electron chi connectivity index (χ2n) is 4.76. The van der Waals surface area contributed by atoms with E-state index in [2.05, 4.69) is 23.6 Å². The Hall–Kier alpha value is -2.23. The summed E-state index contributed by atoms with van der Waals surface area (Å²) in [5, 5.41) is 2.31. The van der Waals surface area contributed by atoms with Gasteiger partial charge in [0.25, 0.3) is 0 Å². The van der Waals surface area contributed by atoms with Crippen LogP contribution < -0.4 is 11.3 Å². The average Bonchev–Trinajstić information content (AvgIpc) is 2.48. The standard InChI is InChI=1S/C17H15FN2/c18-16-7-3-6-14(11-16)17(20-19)15-9-8-12-4-1-2-5-13(12)10-15/h1-11,17,20H,19H2. The van der Waals surface area contributed by atoms with Crippen LogP contribution in [0.1, 0.15) is 17.2 Å². The number of halogens is 1. The third-order valence-electron chi connectivity index (χ3n) is 3.46. The molecule has 0 amide bonds. The number of rotatable bonds is 3. The van der Waals surface area contributed by atoms with Crippen molar-refractivity contribution < 1.29 is 4.39 Å². The molecule has 0 saturated carbocycles. The molecule has 3 N–H and O–H groups in total. The molecule has 1 atom stereocenters. The van der Waals surface area contributed by atoms with Crippen LogP contribution in [-0.4, -0.2) is 0 Å². The monoisotopic (exact) mass is 266 g/mol. The fourth-order valence-electron chi connectivity index (χ4n) is 2.46. The van der Waals surface area contributed by atoms with Crippen molar-refractivity contribution in [1.29, 1.82) is 0 Å².